The molecule has 0 N–H and O–H groups in total. The molecular formula is C46H33BN2O. The lowest BCUT2D eigenvalue weighted by atomic mass is 9.58. The molecule has 0 bridgehead atoms. The van der Waals surface area contributed by atoms with Gasteiger partial charge in [-0.25, -0.2) is 9.97 Å². The summed E-state index contributed by atoms with van der Waals surface area (Å²) in [5.41, 5.74) is 15.2. The lowest BCUT2D eigenvalue weighted by Crippen LogP contribution is -2.15. The molecule has 1 aliphatic heterocycles. The lowest BCUT2D eigenvalue weighted by molar-refractivity contribution is 0.628. The van der Waals surface area contributed by atoms with Crippen LogP contribution in [-0.2, 0) is 12.7 Å². The van der Waals surface area contributed by atoms with Gasteiger partial charge in [0.25, 0.3) is 0 Å². The Morgan fingerprint density at radius 2 is 1.42 bits per heavy atom. The van der Waals surface area contributed by atoms with Crippen molar-refractivity contribution in [3.63, 3.8) is 0 Å². The van der Waals surface area contributed by atoms with Crippen LogP contribution in [0.2, 0.25) is 0 Å². The standard InChI is InChI=1S/C46H33BN2O/c1-2-12-31(13-3-1)35-18-10-20-41-42(35)39-28-47-43(36-15-6-7-16-37(36)45(39)50-41)46-48-40-19-9-8-17-38(40)44(49-46)32-24-21-30(22-25-32)34-26-23-29-11-4-5-14-33(29)27-34/h1-4,6-13,15-27,43,47H,5,14,28H2. The highest BCUT2D eigenvalue weighted by molar-refractivity contribution is 6.40. The van der Waals surface area contributed by atoms with E-state index >= 15 is 0 Å². The molecule has 0 saturated heterocycles. The first-order chi connectivity index (χ1) is 24.8. The molecule has 3 heterocycles. The molecule has 2 aliphatic rings. The quantitative estimate of drug-likeness (QED) is 0.180. The van der Waals surface area contributed by atoms with Gasteiger partial charge in [0.15, 0.2) is 0 Å². The molecule has 0 spiro atoms. The Bertz CT molecular complexity index is 2600. The minimum Gasteiger partial charge on any atom is -0.456 e. The number of aromatic nitrogens is 2. The number of aryl methyl sites for hydroxylation is 1. The number of nitrogens with zero attached hydrogens (tertiary/aromatic N) is 2. The van der Waals surface area contributed by atoms with E-state index in [1.165, 1.54) is 49.9 Å². The average molecular weight is 641 g/mol. The van der Waals surface area contributed by atoms with Crippen LogP contribution in [-0.4, -0.2) is 17.2 Å². The van der Waals surface area contributed by atoms with E-state index in [0.717, 1.165) is 71.3 Å². The van der Waals surface area contributed by atoms with E-state index in [9.17, 15) is 0 Å². The zero-order chi connectivity index (χ0) is 33.0. The highest BCUT2D eigenvalue weighted by Gasteiger charge is 2.31. The lowest BCUT2D eigenvalue weighted by Gasteiger charge is -2.18. The SMILES string of the molecule is B1Cc2c(oc3cccc(-c4ccccc4)c23)-c2ccccc2C1c1nc(-c2ccc(-c3ccc4c(c3)CCC=C4)cc2)c2ccccc2n1. The van der Waals surface area contributed by atoms with Crippen molar-refractivity contribution < 1.29 is 4.42 Å². The third-order valence-corrected chi connectivity index (χ3v) is 10.6. The molecule has 50 heavy (non-hydrogen) atoms. The van der Waals surface area contributed by atoms with Gasteiger partial charge >= 0.3 is 0 Å². The molecule has 1 atom stereocenters. The maximum atomic E-state index is 6.74. The molecule has 0 saturated carbocycles. The normalized spacial score (nSPS) is 14.8. The first kappa shape index (κ1) is 29.0. The summed E-state index contributed by atoms with van der Waals surface area (Å²) in [7, 11) is 0.881. The van der Waals surface area contributed by atoms with Crippen LogP contribution in [0.25, 0.3) is 72.8 Å². The number of furan rings is 1. The number of hydrogen-bond acceptors (Lipinski definition) is 3. The smallest absolute Gasteiger partial charge is 0.144 e. The monoisotopic (exact) mass is 640 g/mol. The van der Waals surface area contributed by atoms with Gasteiger partial charge in [0.1, 0.15) is 24.4 Å². The van der Waals surface area contributed by atoms with Crippen LogP contribution in [0, 0.1) is 0 Å². The van der Waals surface area contributed by atoms with Crippen LogP contribution < -0.4 is 0 Å². The molecule has 8 aromatic rings. The largest absolute Gasteiger partial charge is 0.456 e. The molecular weight excluding hydrogens is 607 g/mol. The van der Waals surface area contributed by atoms with E-state index < -0.39 is 0 Å². The molecule has 1 unspecified atom stereocenters. The third kappa shape index (κ3) is 4.82. The van der Waals surface area contributed by atoms with Crippen molar-refractivity contribution in [2.75, 3.05) is 0 Å². The summed E-state index contributed by atoms with van der Waals surface area (Å²) in [5, 5.41) is 2.27. The second-order valence-corrected chi connectivity index (χ2v) is 13.5. The summed E-state index contributed by atoms with van der Waals surface area (Å²) in [6, 6.07) is 49.9. The fourth-order valence-electron chi connectivity index (χ4n) is 8.15. The summed E-state index contributed by atoms with van der Waals surface area (Å²) >= 11 is 0. The van der Waals surface area contributed by atoms with Crippen molar-refractivity contribution in [1.29, 1.82) is 0 Å². The minimum atomic E-state index is 0.0138. The Kier molecular flexibility index (Phi) is 6.87. The third-order valence-electron chi connectivity index (χ3n) is 10.6. The van der Waals surface area contributed by atoms with E-state index in [2.05, 4.69) is 152 Å². The van der Waals surface area contributed by atoms with Gasteiger partial charge in [0.05, 0.1) is 11.2 Å². The minimum absolute atomic E-state index is 0.0138. The maximum absolute atomic E-state index is 6.74. The van der Waals surface area contributed by atoms with Crippen LogP contribution in [0.4, 0.5) is 0 Å². The molecule has 0 amide bonds. The summed E-state index contributed by atoms with van der Waals surface area (Å²) in [6.45, 7) is 0. The van der Waals surface area contributed by atoms with Crippen LogP contribution in [0.1, 0.15) is 40.3 Å². The van der Waals surface area contributed by atoms with Gasteiger partial charge in [0, 0.05) is 27.7 Å². The van der Waals surface area contributed by atoms with E-state index in [0.29, 0.717) is 0 Å². The predicted octanol–water partition coefficient (Wildman–Crippen LogP) is 11.0. The molecule has 1 aliphatic carbocycles. The van der Waals surface area contributed by atoms with Crippen molar-refractivity contribution >= 4 is 35.2 Å². The second-order valence-electron chi connectivity index (χ2n) is 13.5. The van der Waals surface area contributed by atoms with Gasteiger partial charge in [-0.1, -0.05) is 140 Å². The fraction of sp³-hybridized carbons (Fsp3) is 0.0870. The maximum Gasteiger partial charge on any atom is 0.144 e. The van der Waals surface area contributed by atoms with Gasteiger partial charge in [-0.15, -0.1) is 0 Å². The van der Waals surface area contributed by atoms with Crippen LogP contribution in [0.5, 0.6) is 0 Å². The van der Waals surface area contributed by atoms with Crippen LogP contribution in [0.15, 0.2) is 150 Å². The molecule has 3 nitrogen and oxygen atoms in total. The summed E-state index contributed by atoms with van der Waals surface area (Å²) in [5.74, 6) is 1.84. The molecule has 6 aromatic carbocycles. The number of benzene rings is 6. The summed E-state index contributed by atoms with van der Waals surface area (Å²) in [6.07, 6.45) is 7.58. The first-order valence-electron chi connectivity index (χ1n) is 17.6. The van der Waals surface area contributed by atoms with Crippen molar-refractivity contribution in [2.24, 2.45) is 0 Å². The van der Waals surface area contributed by atoms with E-state index in [4.69, 9.17) is 14.4 Å². The van der Waals surface area contributed by atoms with Gasteiger partial charge in [-0.05, 0) is 75.8 Å². The van der Waals surface area contributed by atoms with Gasteiger partial charge in [-0.3, -0.25) is 0 Å². The van der Waals surface area contributed by atoms with Gasteiger partial charge < -0.3 is 4.42 Å². The van der Waals surface area contributed by atoms with Crippen LogP contribution in [0.3, 0.4) is 0 Å². The second kappa shape index (κ2) is 11.9. The average Bonchev–Trinajstić information content (AvgIpc) is 3.48. The topological polar surface area (TPSA) is 38.9 Å². The Morgan fingerprint density at radius 3 is 2.34 bits per heavy atom. The van der Waals surface area contributed by atoms with Gasteiger partial charge in [-0.2, -0.15) is 0 Å². The number of hydrogen-bond donors (Lipinski definition) is 0. The van der Waals surface area contributed by atoms with Crippen LogP contribution >= 0.6 is 0 Å². The highest BCUT2D eigenvalue weighted by Crippen LogP contribution is 2.45. The zero-order valence-electron chi connectivity index (χ0n) is 27.6. The zero-order valence-corrected chi connectivity index (χ0v) is 27.6. The van der Waals surface area contributed by atoms with E-state index in [1.54, 1.807) is 0 Å². The Hall–Kier alpha value is -6.00. The Balaban J connectivity index is 1.08. The molecule has 236 valence electrons. The van der Waals surface area contributed by atoms with E-state index in [1.807, 2.05) is 0 Å². The van der Waals surface area contributed by atoms with Crippen molar-refractivity contribution in [3.8, 4) is 44.8 Å². The molecule has 0 fully saturated rings. The molecule has 4 heteroatoms. The number of para-hydroxylation sites is 1. The van der Waals surface area contributed by atoms with Crippen molar-refractivity contribution in [1.82, 2.24) is 9.97 Å². The molecule has 0 radical (unpaired) electrons. The predicted molar refractivity (Wildman–Crippen MR) is 208 cm³/mol. The number of fused-ring (bicyclic) bond motifs is 7. The number of rotatable bonds is 4. The Morgan fingerprint density at radius 1 is 0.640 bits per heavy atom. The molecule has 10 rings (SSSR count). The summed E-state index contributed by atoms with van der Waals surface area (Å²) in [4.78, 5) is 10.7. The van der Waals surface area contributed by atoms with E-state index in [-0.39, 0.29) is 5.82 Å². The summed E-state index contributed by atoms with van der Waals surface area (Å²) < 4.78 is 6.74. The fourth-order valence-corrected chi connectivity index (χ4v) is 8.15. The highest BCUT2D eigenvalue weighted by atomic mass is 16.3. The molecule has 2 aromatic heterocycles. The Labute approximate surface area is 292 Å². The van der Waals surface area contributed by atoms with Crippen molar-refractivity contribution in [2.45, 2.75) is 25.0 Å². The first-order valence-corrected chi connectivity index (χ1v) is 17.6. The van der Waals surface area contributed by atoms with Crippen molar-refractivity contribution in [3.05, 3.63) is 174 Å². The van der Waals surface area contributed by atoms with Gasteiger partial charge in [0.2, 0.25) is 0 Å². The number of allylic oxidation sites excluding steroid dienone is 1.